The van der Waals surface area contributed by atoms with Crippen LogP contribution in [0.15, 0.2) is 29.1 Å². The van der Waals surface area contributed by atoms with Gasteiger partial charge in [-0.15, -0.1) is 0 Å². The highest BCUT2D eigenvalue weighted by molar-refractivity contribution is 7.08. The van der Waals surface area contributed by atoms with Crippen LogP contribution in [0.3, 0.4) is 0 Å². The first-order valence-electron chi connectivity index (χ1n) is 6.21. The van der Waals surface area contributed by atoms with Crippen LogP contribution in [0.4, 0.5) is 0 Å². The number of thiophene rings is 1. The summed E-state index contributed by atoms with van der Waals surface area (Å²) in [5.41, 5.74) is 2.31. The summed E-state index contributed by atoms with van der Waals surface area (Å²) in [6, 6.07) is 4.82. The molecule has 1 aliphatic heterocycles. The van der Waals surface area contributed by atoms with Crippen molar-refractivity contribution in [3.8, 4) is 11.3 Å². The maximum Gasteiger partial charge on any atom is 0.0931 e. The van der Waals surface area contributed by atoms with Gasteiger partial charge in [0.1, 0.15) is 0 Å². The molecule has 0 radical (unpaired) electrons. The van der Waals surface area contributed by atoms with Crippen LogP contribution in [0.2, 0.25) is 0 Å². The van der Waals surface area contributed by atoms with Crippen LogP contribution < -0.4 is 5.32 Å². The van der Waals surface area contributed by atoms with Gasteiger partial charge in [0.2, 0.25) is 0 Å². The van der Waals surface area contributed by atoms with E-state index in [4.69, 9.17) is 0 Å². The molecule has 1 atom stereocenters. The quantitative estimate of drug-likeness (QED) is 0.904. The first kappa shape index (κ1) is 11.0. The highest BCUT2D eigenvalue weighted by atomic mass is 32.1. The minimum Gasteiger partial charge on any atom is -0.312 e. The first-order chi connectivity index (χ1) is 8.42. The molecule has 1 saturated heterocycles. The van der Waals surface area contributed by atoms with Crippen LogP contribution in [0.1, 0.15) is 19.3 Å². The number of nitrogens with zero attached hydrogens (tertiary/aromatic N) is 2. The van der Waals surface area contributed by atoms with Gasteiger partial charge in [-0.3, -0.25) is 4.68 Å². The van der Waals surface area contributed by atoms with Crippen molar-refractivity contribution >= 4 is 11.3 Å². The van der Waals surface area contributed by atoms with Gasteiger partial charge in [0.15, 0.2) is 0 Å². The SMILES string of the molecule is c1cc(-c2ccn(CC3CCCCN3)n2)cs1. The highest BCUT2D eigenvalue weighted by Crippen LogP contribution is 2.20. The van der Waals surface area contributed by atoms with Crippen molar-refractivity contribution in [2.45, 2.75) is 31.8 Å². The predicted octanol–water partition coefficient (Wildman–Crippen LogP) is 2.75. The zero-order valence-corrected chi connectivity index (χ0v) is 10.6. The molecule has 2 aromatic heterocycles. The fraction of sp³-hybridized carbons (Fsp3) is 0.462. The fourth-order valence-corrected chi connectivity index (χ4v) is 2.98. The summed E-state index contributed by atoms with van der Waals surface area (Å²) in [6.07, 6.45) is 6.02. The van der Waals surface area contributed by atoms with E-state index in [1.165, 1.54) is 24.8 Å². The summed E-state index contributed by atoms with van der Waals surface area (Å²) in [7, 11) is 0. The van der Waals surface area contributed by atoms with Crippen molar-refractivity contribution in [1.29, 1.82) is 0 Å². The molecule has 1 aliphatic rings. The maximum absolute atomic E-state index is 4.63. The Bertz CT molecular complexity index is 455. The van der Waals surface area contributed by atoms with E-state index in [1.807, 2.05) is 0 Å². The molecule has 3 rings (SSSR count). The van der Waals surface area contributed by atoms with Gasteiger partial charge in [-0.25, -0.2) is 0 Å². The van der Waals surface area contributed by atoms with E-state index in [0.29, 0.717) is 6.04 Å². The lowest BCUT2D eigenvalue weighted by Gasteiger charge is -2.23. The summed E-state index contributed by atoms with van der Waals surface area (Å²) in [4.78, 5) is 0. The van der Waals surface area contributed by atoms with Crippen LogP contribution in [0, 0.1) is 0 Å². The van der Waals surface area contributed by atoms with Crippen LogP contribution in [-0.4, -0.2) is 22.4 Å². The molecule has 0 aliphatic carbocycles. The van der Waals surface area contributed by atoms with Gasteiger partial charge in [-0.1, -0.05) is 6.42 Å². The third-order valence-electron chi connectivity index (χ3n) is 3.28. The number of rotatable bonds is 3. The molecule has 0 spiro atoms. The summed E-state index contributed by atoms with van der Waals surface area (Å²) in [5, 5.41) is 12.4. The van der Waals surface area contributed by atoms with Crippen LogP contribution in [0.5, 0.6) is 0 Å². The van der Waals surface area contributed by atoms with Crippen molar-refractivity contribution in [2.75, 3.05) is 6.54 Å². The van der Waals surface area contributed by atoms with Crippen molar-refractivity contribution in [3.63, 3.8) is 0 Å². The Labute approximate surface area is 105 Å². The largest absolute Gasteiger partial charge is 0.312 e. The van der Waals surface area contributed by atoms with Gasteiger partial charge in [0.25, 0.3) is 0 Å². The number of hydrogen-bond donors (Lipinski definition) is 1. The molecule has 3 nitrogen and oxygen atoms in total. The third-order valence-corrected chi connectivity index (χ3v) is 3.96. The number of piperidine rings is 1. The van der Waals surface area contributed by atoms with Crippen LogP contribution in [0.25, 0.3) is 11.3 Å². The maximum atomic E-state index is 4.63. The first-order valence-corrected chi connectivity index (χ1v) is 7.15. The molecule has 0 bridgehead atoms. The second-order valence-corrected chi connectivity index (χ2v) is 5.36. The molecule has 4 heteroatoms. The number of nitrogens with one attached hydrogen (secondary N) is 1. The van der Waals surface area contributed by atoms with E-state index in [9.17, 15) is 0 Å². The smallest absolute Gasteiger partial charge is 0.0931 e. The average Bonchev–Trinajstić information content (AvgIpc) is 3.00. The van der Waals surface area contributed by atoms with Crippen LogP contribution in [-0.2, 0) is 6.54 Å². The Kier molecular flexibility index (Phi) is 3.25. The van der Waals surface area contributed by atoms with Gasteiger partial charge in [0, 0.05) is 23.2 Å². The topological polar surface area (TPSA) is 29.9 Å². The predicted molar refractivity (Wildman–Crippen MR) is 71.2 cm³/mol. The van der Waals surface area contributed by atoms with Gasteiger partial charge in [-0.05, 0) is 36.9 Å². The summed E-state index contributed by atoms with van der Waals surface area (Å²) >= 11 is 1.72. The van der Waals surface area contributed by atoms with E-state index in [-0.39, 0.29) is 0 Å². The summed E-state index contributed by atoms with van der Waals surface area (Å²) < 4.78 is 2.07. The molecule has 1 fully saturated rings. The Morgan fingerprint density at radius 3 is 3.18 bits per heavy atom. The van der Waals surface area contributed by atoms with Crippen molar-refractivity contribution in [2.24, 2.45) is 0 Å². The Balaban J connectivity index is 1.68. The van der Waals surface area contributed by atoms with Gasteiger partial charge < -0.3 is 5.32 Å². The molecule has 2 aromatic rings. The lowest BCUT2D eigenvalue weighted by molar-refractivity contribution is 0.351. The average molecular weight is 247 g/mol. The van der Waals surface area contributed by atoms with E-state index in [2.05, 4.69) is 44.2 Å². The summed E-state index contributed by atoms with van der Waals surface area (Å²) in [5.74, 6) is 0. The highest BCUT2D eigenvalue weighted by Gasteiger charge is 2.13. The van der Waals surface area contributed by atoms with E-state index in [0.717, 1.165) is 18.8 Å². The Hall–Kier alpha value is -1.13. The molecule has 17 heavy (non-hydrogen) atoms. The second-order valence-electron chi connectivity index (χ2n) is 4.58. The molecule has 0 aromatic carbocycles. The molecule has 90 valence electrons. The fourth-order valence-electron chi connectivity index (χ4n) is 2.33. The van der Waals surface area contributed by atoms with E-state index < -0.39 is 0 Å². The molecule has 0 saturated carbocycles. The molecule has 1 unspecified atom stereocenters. The monoisotopic (exact) mass is 247 g/mol. The Morgan fingerprint density at radius 2 is 2.41 bits per heavy atom. The van der Waals surface area contributed by atoms with Gasteiger partial charge in [0.05, 0.1) is 12.2 Å². The van der Waals surface area contributed by atoms with Gasteiger partial charge in [-0.2, -0.15) is 16.4 Å². The lowest BCUT2D eigenvalue weighted by atomic mass is 10.1. The molecule has 1 N–H and O–H groups in total. The Morgan fingerprint density at radius 1 is 1.41 bits per heavy atom. The third kappa shape index (κ3) is 2.58. The molecular formula is C13H17N3S. The van der Waals surface area contributed by atoms with Crippen molar-refractivity contribution < 1.29 is 0 Å². The van der Waals surface area contributed by atoms with Gasteiger partial charge >= 0.3 is 0 Å². The van der Waals surface area contributed by atoms with Crippen molar-refractivity contribution in [3.05, 3.63) is 29.1 Å². The zero-order chi connectivity index (χ0) is 11.5. The molecule has 0 amide bonds. The minimum absolute atomic E-state index is 0.596. The van der Waals surface area contributed by atoms with E-state index >= 15 is 0 Å². The lowest BCUT2D eigenvalue weighted by Crippen LogP contribution is -2.37. The summed E-state index contributed by atoms with van der Waals surface area (Å²) in [6.45, 7) is 2.15. The molecule has 3 heterocycles. The number of aromatic nitrogens is 2. The van der Waals surface area contributed by atoms with Crippen LogP contribution >= 0.6 is 11.3 Å². The minimum atomic E-state index is 0.596. The van der Waals surface area contributed by atoms with E-state index in [1.54, 1.807) is 11.3 Å². The number of hydrogen-bond acceptors (Lipinski definition) is 3. The second kappa shape index (κ2) is 5.02. The zero-order valence-electron chi connectivity index (χ0n) is 9.80. The van der Waals surface area contributed by atoms with Crippen molar-refractivity contribution in [1.82, 2.24) is 15.1 Å². The normalized spacial score (nSPS) is 20.6. The standard InChI is InChI=1S/C13H17N3S/c1-2-6-14-12(3-1)9-16-7-4-13(15-16)11-5-8-17-10-11/h4-5,7-8,10,12,14H,1-3,6,9H2. The molecular weight excluding hydrogens is 230 g/mol.